The maximum Gasteiger partial charge on any atom is 0.226 e. The Labute approximate surface area is 146 Å². The molecular formula is C20H21F2NO2. The Kier molecular flexibility index (Phi) is 5.64. The van der Waals surface area contributed by atoms with Gasteiger partial charge in [0.2, 0.25) is 5.91 Å². The molecule has 25 heavy (non-hydrogen) atoms. The quantitative estimate of drug-likeness (QED) is 0.793. The molecule has 1 atom stereocenters. The fourth-order valence-corrected chi connectivity index (χ4v) is 3.24. The van der Waals surface area contributed by atoms with Gasteiger partial charge in [0.05, 0.1) is 13.0 Å². The molecule has 1 aliphatic heterocycles. The van der Waals surface area contributed by atoms with E-state index in [0.717, 1.165) is 24.9 Å². The van der Waals surface area contributed by atoms with E-state index in [1.165, 1.54) is 24.3 Å². The Morgan fingerprint density at radius 2 is 1.92 bits per heavy atom. The van der Waals surface area contributed by atoms with Crippen LogP contribution in [0, 0.1) is 11.6 Å². The highest BCUT2D eigenvalue weighted by Gasteiger charge is 2.28. The molecule has 0 aliphatic carbocycles. The number of amides is 1. The number of likely N-dealkylation sites (tertiary alicyclic amines) is 1. The summed E-state index contributed by atoms with van der Waals surface area (Å²) in [5, 5.41) is 0. The summed E-state index contributed by atoms with van der Waals surface area (Å²) in [6.45, 7) is 0.989. The van der Waals surface area contributed by atoms with E-state index in [9.17, 15) is 13.6 Å². The van der Waals surface area contributed by atoms with Crippen LogP contribution in [0.25, 0.3) is 0 Å². The van der Waals surface area contributed by atoms with Crippen LogP contribution in [-0.2, 0) is 11.2 Å². The lowest BCUT2D eigenvalue weighted by molar-refractivity contribution is -0.132. The zero-order chi connectivity index (χ0) is 17.6. The lowest BCUT2D eigenvalue weighted by Gasteiger charge is -2.25. The normalized spacial score (nSPS) is 16.9. The standard InChI is InChI=1S/C20H21F2NO2/c21-16-6-8-19(9-7-16)25-12-10-20(24)23-11-2-5-18(23)14-15-3-1-4-17(22)13-15/h1,3-4,6-9,13,18H,2,5,10-12,14H2. The molecular weight excluding hydrogens is 324 g/mol. The Balaban J connectivity index is 1.51. The van der Waals surface area contributed by atoms with Crippen LogP contribution >= 0.6 is 0 Å². The van der Waals surface area contributed by atoms with Crippen molar-refractivity contribution < 1.29 is 18.3 Å². The molecule has 1 fully saturated rings. The van der Waals surface area contributed by atoms with Crippen LogP contribution in [-0.4, -0.2) is 30.0 Å². The molecule has 0 spiro atoms. The van der Waals surface area contributed by atoms with E-state index < -0.39 is 0 Å². The van der Waals surface area contributed by atoms with Gasteiger partial charge in [-0.2, -0.15) is 0 Å². The van der Waals surface area contributed by atoms with Crippen molar-refractivity contribution >= 4 is 5.91 Å². The summed E-state index contributed by atoms with van der Waals surface area (Å²) >= 11 is 0. The smallest absolute Gasteiger partial charge is 0.226 e. The van der Waals surface area contributed by atoms with Crippen molar-refractivity contribution in [1.82, 2.24) is 4.90 Å². The van der Waals surface area contributed by atoms with Gasteiger partial charge in [-0.3, -0.25) is 4.79 Å². The SMILES string of the molecule is O=C(CCOc1ccc(F)cc1)N1CCCC1Cc1cccc(F)c1. The molecule has 1 saturated heterocycles. The van der Waals surface area contributed by atoms with Crippen molar-refractivity contribution in [2.24, 2.45) is 0 Å². The summed E-state index contributed by atoms with van der Waals surface area (Å²) in [4.78, 5) is 14.3. The molecule has 132 valence electrons. The minimum Gasteiger partial charge on any atom is -0.493 e. The van der Waals surface area contributed by atoms with Gasteiger partial charge in [0.15, 0.2) is 0 Å². The highest BCUT2D eigenvalue weighted by molar-refractivity contribution is 5.77. The van der Waals surface area contributed by atoms with Gasteiger partial charge < -0.3 is 9.64 Å². The van der Waals surface area contributed by atoms with Crippen molar-refractivity contribution in [2.45, 2.75) is 31.7 Å². The second-order valence-corrected chi connectivity index (χ2v) is 6.27. The Morgan fingerprint density at radius 1 is 1.12 bits per heavy atom. The molecule has 5 heteroatoms. The van der Waals surface area contributed by atoms with Gasteiger partial charge in [0.25, 0.3) is 0 Å². The molecule has 1 unspecified atom stereocenters. The van der Waals surface area contributed by atoms with E-state index in [-0.39, 0.29) is 36.6 Å². The fourth-order valence-electron chi connectivity index (χ4n) is 3.24. The maximum atomic E-state index is 13.3. The third-order valence-electron chi connectivity index (χ3n) is 4.46. The molecule has 2 aromatic rings. The summed E-state index contributed by atoms with van der Waals surface area (Å²) in [5.74, 6) is 0.0229. The molecule has 2 aromatic carbocycles. The molecule has 0 radical (unpaired) electrons. The first-order valence-electron chi connectivity index (χ1n) is 8.54. The van der Waals surface area contributed by atoms with Crippen LogP contribution in [0.15, 0.2) is 48.5 Å². The molecule has 0 bridgehead atoms. The minimum absolute atomic E-state index is 0.0426. The average molecular weight is 345 g/mol. The molecule has 0 aromatic heterocycles. The van der Waals surface area contributed by atoms with Crippen molar-refractivity contribution in [3.05, 3.63) is 65.7 Å². The van der Waals surface area contributed by atoms with Crippen molar-refractivity contribution in [3.63, 3.8) is 0 Å². The fraction of sp³-hybridized carbons (Fsp3) is 0.350. The molecule has 1 amide bonds. The van der Waals surface area contributed by atoms with Crippen molar-refractivity contribution in [1.29, 1.82) is 0 Å². The highest BCUT2D eigenvalue weighted by Crippen LogP contribution is 2.22. The summed E-state index contributed by atoms with van der Waals surface area (Å²) in [5.41, 5.74) is 0.910. The monoisotopic (exact) mass is 345 g/mol. The van der Waals surface area contributed by atoms with Gasteiger partial charge in [-0.05, 0) is 61.2 Å². The molecule has 1 heterocycles. The average Bonchev–Trinajstić information content (AvgIpc) is 3.05. The second kappa shape index (κ2) is 8.10. The molecule has 0 saturated carbocycles. The third kappa shape index (κ3) is 4.78. The highest BCUT2D eigenvalue weighted by atomic mass is 19.1. The second-order valence-electron chi connectivity index (χ2n) is 6.27. The first-order valence-corrected chi connectivity index (χ1v) is 8.54. The van der Waals surface area contributed by atoms with Gasteiger partial charge in [-0.1, -0.05) is 12.1 Å². The third-order valence-corrected chi connectivity index (χ3v) is 4.46. The lowest BCUT2D eigenvalue weighted by Crippen LogP contribution is -2.37. The van der Waals surface area contributed by atoms with E-state index in [1.807, 2.05) is 11.0 Å². The molecule has 3 nitrogen and oxygen atoms in total. The predicted octanol–water partition coefficient (Wildman–Crippen LogP) is 3.97. The summed E-state index contributed by atoms with van der Waals surface area (Å²) < 4.78 is 31.7. The zero-order valence-electron chi connectivity index (χ0n) is 14.0. The van der Waals surface area contributed by atoms with Gasteiger partial charge >= 0.3 is 0 Å². The number of benzene rings is 2. The topological polar surface area (TPSA) is 29.5 Å². The van der Waals surface area contributed by atoms with Gasteiger partial charge in [-0.15, -0.1) is 0 Å². The van der Waals surface area contributed by atoms with Crippen LogP contribution < -0.4 is 4.74 Å². The van der Waals surface area contributed by atoms with E-state index in [0.29, 0.717) is 12.2 Å². The lowest BCUT2D eigenvalue weighted by atomic mass is 10.0. The predicted molar refractivity (Wildman–Crippen MR) is 91.4 cm³/mol. The largest absolute Gasteiger partial charge is 0.493 e. The number of carbonyl (C=O) groups excluding carboxylic acids is 1. The zero-order valence-corrected chi connectivity index (χ0v) is 14.0. The summed E-state index contributed by atoms with van der Waals surface area (Å²) in [6.07, 6.45) is 2.84. The molecule has 0 N–H and O–H groups in total. The van der Waals surface area contributed by atoms with Crippen LogP contribution in [0.1, 0.15) is 24.8 Å². The van der Waals surface area contributed by atoms with Crippen LogP contribution in [0.5, 0.6) is 5.75 Å². The Morgan fingerprint density at radius 3 is 2.68 bits per heavy atom. The first-order chi connectivity index (χ1) is 12.1. The number of ether oxygens (including phenoxy) is 1. The first kappa shape index (κ1) is 17.4. The van der Waals surface area contributed by atoms with E-state index >= 15 is 0 Å². The van der Waals surface area contributed by atoms with Gasteiger partial charge in [0, 0.05) is 12.6 Å². The number of carbonyl (C=O) groups is 1. The summed E-state index contributed by atoms with van der Waals surface area (Å²) in [7, 11) is 0. The van der Waals surface area contributed by atoms with E-state index in [1.54, 1.807) is 18.2 Å². The van der Waals surface area contributed by atoms with Crippen molar-refractivity contribution in [2.75, 3.05) is 13.2 Å². The van der Waals surface area contributed by atoms with Gasteiger partial charge in [-0.25, -0.2) is 8.78 Å². The molecule has 1 aliphatic rings. The summed E-state index contributed by atoms with van der Waals surface area (Å²) in [6, 6.07) is 12.4. The van der Waals surface area contributed by atoms with Crippen molar-refractivity contribution in [3.8, 4) is 5.75 Å². The minimum atomic E-state index is -0.319. The van der Waals surface area contributed by atoms with Crippen LogP contribution in [0.4, 0.5) is 8.78 Å². The number of rotatable bonds is 6. The Bertz CT molecular complexity index is 718. The number of hydrogen-bond donors (Lipinski definition) is 0. The van der Waals surface area contributed by atoms with E-state index in [4.69, 9.17) is 4.74 Å². The number of hydrogen-bond acceptors (Lipinski definition) is 2. The van der Waals surface area contributed by atoms with Crippen LogP contribution in [0.3, 0.4) is 0 Å². The van der Waals surface area contributed by atoms with Crippen LogP contribution in [0.2, 0.25) is 0 Å². The Hall–Kier alpha value is -2.43. The number of nitrogens with zero attached hydrogens (tertiary/aromatic N) is 1. The molecule has 3 rings (SSSR count). The van der Waals surface area contributed by atoms with E-state index in [2.05, 4.69) is 0 Å². The van der Waals surface area contributed by atoms with Gasteiger partial charge in [0.1, 0.15) is 17.4 Å². The maximum absolute atomic E-state index is 13.3. The number of halogens is 2.